The number of esters is 1. The number of ether oxygens (including phenoxy) is 1. The van der Waals surface area contributed by atoms with Gasteiger partial charge in [0.05, 0.1) is 6.42 Å². The van der Waals surface area contributed by atoms with Gasteiger partial charge in [-0.3, -0.25) is 9.59 Å². The number of hydrogen-bond acceptors (Lipinski definition) is 3. The largest absolute Gasteiger partial charge is 0.461 e. The van der Waals surface area contributed by atoms with Crippen molar-refractivity contribution in [2.24, 2.45) is 5.73 Å². The number of carbonyl (C=O) groups excluding carboxylic acids is 2. The van der Waals surface area contributed by atoms with Crippen LogP contribution in [0.5, 0.6) is 0 Å². The molecule has 0 aliphatic rings. The molecule has 0 radical (unpaired) electrons. The highest BCUT2D eigenvalue weighted by molar-refractivity contribution is 5.95. The molecule has 0 unspecified atom stereocenters. The van der Waals surface area contributed by atoms with E-state index in [0.717, 1.165) is 5.56 Å². The number of primary amides is 1. The van der Waals surface area contributed by atoms with Crippen LogP contribution >= 0.6 is 0 Å². The molecule has 1 aromatic rings. The Morgan fingerprint density at radius 2 is 1.88 bits per heavy atom. The number of rotatable bonds is 5. The fraction of sp³-hybridized carbons (Fsp3) is 0.167. The van der Waals surface area contributed by atoms with Crippen molar-refractivity contribution in [3.8, 4) is 0 Å². The van der Waals surface area contributed by atoms with E-state index in [9.17, 15) is 9.59 Å². The van der Waals surface area contributed by atoms with E-state index < -0.39 is 11.9 Å². The van der Waals surface area contributed by atoms with Crippen LogP contribution in [0.1, 0.15) is 12.0 Å². The number of hydrogen-bond donors (Lipinski definition) is 1. The molecule has 16 heavy (non-hydrogen) atoms. The zero-order valence-corrected chi connectivity index (χ0v) is 8.81. The molecule has 1 amide bonds. The van der Waals surface area contributed by atoms with Gasteiger partial charge in [0.25, 0.3) is 0 Å². The zero-order chi connectivity index (χ0) is 12.0. The van der Waals surface area contributed by atoms with Crippen LogP contribution in [0.25, 0.3) is 0 Å². The molecule has 2 N–H and O–H groups in total. The van der Waals surface area contributed by atoms with Crippen LogP contribution in [0.4, 0.5) is 0 Å². The van der Waals surface area contributed by atoms with Crippen molar-refractivity contribution in [1.82, 2.24) is 0 Å². The first-order valence-electron chi connectivity index (χ1n) is 4.76. The third-order valence-electron chi connectivity index (χ3n) is 1.95. The zero-order valence-electron chi connectivity index (χ0n) is 8.81. The summed E-state index contributed by atoms with van der Waals surface area (Å²) in [6, 6.07) is 9.27. The van der Waals surface area contributed by atoms with E-state index in [4.69, 9.17) is 10.5 Å². The summed E-state index contributed by atoms with van der Waals surface area (Å²) in [5.74, 6) is -1.19. The van der Waals surface area contributed by atoms with Crippen molar-refractivity contribution in [2.75, 3.05) is 0 Å². The maximum Gasteiger partial charge on any atom is 0.310 e. The summed E-state index contributed by atoms with van der Waals surface area (Å²) in [6.45, 7) is 3.56. The van der Waals surface area contributed by atoms with Crippen LogP contribution in [-0.4, -0.2) is 11.9 Å². The molecule has 1 rings (SSSR count). The molecule has 0 aliphatic carbocycles. The van der Waals surface area contributed by atoms with Crippen LogP contribution in [0.3, 0.4) is 0 Å². The first-order chi connectivity index (χ1) is 7.59. The summed E-state index contributed by atoms with van der Waals surface area (Å²) in [5.41, 5.74) is 5.89. The summed E-state index contributed by atoms with van der Waals surface area (Å²) in [6.07, 6.45) is -0.165. The van der Waals surface area contributed by atoms with Crippen LogP contribution in [0, 0.1) is 0 Å². The van der Waals surface area contributed by atoms with Crippen LogP contribution in [0.15, 0.2) is 42.5 Å². The van der Waals surface area contributed by atoms with Gasteiger partial charge >= 0.3 is 5.97 Å². The minimum Gasteiger partial charge on any atom is -0.461 e. The Kier molecular flexibility index (Phi) is 4.27. The molecule has 0 heterocycles. The van der Waals surface area contributed by atoms with Gasteiger partial charge in [0.1, 0.15) is 6.61 Å². The summed E-state index contributed by atoms with van der Waals surface area (Å²) in [7, 11) is 0. The Morgan fingerprint density at radius 3 is 2.44 bits per heavy atom. The molecule has 0 atom stereocenters. The number of benzene rings is 1. The van der Waals surface area contributed by atoms with Crippen molar-refractivity contribution in [1.29, 1.82) is 0 Å². The molecule has 0 spiro atoms. The quantitative estimate of drug-likeness (QED) is 0.596. The van der Waals surface area contributed by atoms with Gasteiger partial charge in [-0.15, -0.1) is 0 Å². The lowest BCUT2D eigenvalue weighted by Crippen LogP contribution is -2.16. The van der Waals surface area contributed by atoms with E-state index in [-0.39, 0.29) is 18.6 Å². The molecule has 0 aromatic heterocycles. The molecule has 1 aromatic carbocycles. The second-order valence-corrected chi connectivity index (χ2v) is 3.29. The van der Waals surface area contributed by atoms with Gasteiger partial charge < -0.3 is 10.5 Å². The summed E-state index contributed by atoms with van der Waals surface area (Å²) in [4.78, 5) is 21.9. The molecular weight excluding hydrogens is 206 g/mol. The molecule has 0 fully saturated rings. The van der Waals surface area contributed by atoms with E-state index in [1.165, 1.54) is 0 Å². The fourth-order valence-electron chi connectivity index (χ4n) is 1.05. The van der Waals surface area contributed by atoms with Crippen molar-refractivity contribution in [3.05, 3.63) is 48.0 Å². The summed E-state index contributed by atoms with van der Waals surface area (Å²) in [5, 5.41) is 0. The highest BCUT2D eigenvalue weighted by Gasteiger charge is 2.09. The maximum atomic E-state index is 11.2. The van der Waals surface area contributed by atoms with Crippen molar-refractivity contribution < 1.29 is 14.3 Å². The van der Waals surface area contributed by atoms with Gasteiger partial charge in [0.2, 0.25) is 5.91 Å². The second kappa shape index (κ2) is 5.70. The number of amides is 1. The molecule has 0 bridgehead atoms. The van der Waals surface area contributed by atoms with Gasteiger partial charge in [-0.2, -0.15) is 0 Å². The number of nitrogens with two attached hydrogens (primary N) is 1. The predicted molar refractivity (Wildman–Crippen MR) is 59.2 cm³/mol. The van der Waals surface area contributed by atoms with Crippen LogP contribution < -0.4 is 5.73 Å². The normalized spacial score (nSPS) is 9.50. The highest BCUT2D eigenvalue weighted by Crippen LogP contribution is 2.04. The second-order valence-electron chi connectivity index (χ2n) is 3.29. The minimum atomic E-state index is -0.684. The van der Waals surface area contributed by atoms with Gasteiger partial charge in [0, 0.05) is 5.57 Å². The standard InChI is InChI=1S/C12H13NO3/c1-9(12(13)15)7-11(14)16-8-10-5-3-2-4-6-10/h2-6H,1,7-8H2,(H2,13,15). The first-order valence-corrected chi connectivity index (χ1v) is 4.76. The average molecular weight is 219 g/mol. The van der Waals surface area contributed by atoms with E-state index in [1.54, 1.807) is 0 Å². The lowest BCUT2D eigenvalue weighted by atomic mass is 10.2. The average Bonchev–Trinajstić information content (AvgIpc) is 2.27. The summed E-state index contributed by atoms with van der Waals surface area (Å²) >= 11 is 0. The van der Waals surface area contributed by atoms with Crippen LogP contribution in [0.2, 0.25) is 0 Å². The van der Waals surface area contributed by atoms with E-state index in [0.29, 0.717) is 0 Å². The lowest BCUT2D eigenvalue weighted by Gasteiger charge is -2.04. The van der Waals surface area contributed by atoms with E-state index in [2.05, 4.69) is 6.58 Å². The topological polar surface area (TPSA) is 69.4 Å². The minimum absolute atomic E-state index is 0.0538. The Labute approximate surface area is 93.7 Å². The first kappa shape index (κ1) is 12.0. The molecule has 4 nitrogen and oxygen atoms in total. The Morgan fingerprint density at radius 1 is 1.25 bits per heavy atom. The van der Waals surface area contributed by atoms with Crippen molar-refractivity contribution in [3.63, 3.8) is 0 Å². The SMILES string of the molecule is C=C(CC(=O)OCc1ccccc1)C(N)=O. The molecular formula is C12H13NO3. The van der Waals surface area contributed by atoms with Crippen LogP contribution in [-0.2, 0) is 20.9 Å². The molecule has 0 saturated heterocycles. The third-order valence-corrected chi connectivity index (χ3v) is 1.95. The van der Waals surface area contributed by atoms with Gasteiger partial charge in [-0.05, 0) is 5.56 Å². The van der Waals surface area contributed by atoms with E-state index >= 15 is 0 Å². The van der Waals surface area contributed by atoms with E-state index in [1.807, 2.05) is 30.3 Å². The molecule has 0 saturated carbocycles. The Hall–Kier alpha value is -2.10. The number of carbonyl (C=O) groups is 2. The third kappa shape index (κ3) is 3.96. The monoisotopic (exact) mass is 219 g/mol. The Balaban J connectivity index is 2.36. The van der Waals surface area contributed by atoms with Gasteiger partial charge in [0.15, 0.2) is 0 Å². The predicted octanol–water partition coefficient (Wildman–Crippen LogP) is 1.16. The summed E-state index contributed by atoms with van der Waals surface area (Å²) < 4.78 is 4.94. The van der Waals surface area contributed by atoms with Gasteiger partial charge in [-0.25, -0.2) is 0 Å². The fourth-order valence-corrected chi connectivity index (χ4v) is 1.05. The highest BCUT2D eigenvalue weighted by atomic mass is 16.5. The van der Waals surface area contributed by atoms with Crippen molar-refractivity contribution in [2.45, 2.75) is 13.0 Å². The molecule has 84 valence electrons. The maximum absolute atomic E-state index is 11.2. The lowest BCUT2D eigenvalue weighted by molar-refractivity contribution is -0.144. The smallest absolute Gasteiger partial charge is 0.310 e. The van der Waals surface area contributed by atoms with Crippen molar-refractivity contribution >= 4 is 11.9 Å². The van der Waals surface area contributed by atoms with Gasteiger partial charge in [-0.1, -0.05) is 36.9 Å². The molecule has 4 heteroatoms. The molecule has 0 aliphatic heterocycles. The Bertz CT molecular complexity index is 398.